The first kappa shape index (κ1) is 16.8. The number of benzene rings is 1. The van der Waals surface area contributed by atoms with Crippen molar-refractivity contribution in [3.8, 4) is 0 Å². The molecule has 2 rings (SSSR count). The average molecular weight is 304 g/mol. The average Bonchev–Trinajstić information content (AvgIpc) is 2.52. The van der Waals surface area contributed by atoms with Gasteiger partial charge < -0.3 is 15.8 Å². The Morgan fingerprint density at radius 1 is 1.32 bits per heavy atom. The smallest absolute Gasteiger partial charge is 0.220 e. The van der Waals surface area contributed by atoms with Gasteiger partial charge in [-0.15, -0.1) is 0 Å². The van der Waals surface area contributed by atoms with E-state index in [-0.39, 0.29) is 5.91 Å². The molecule has 4 nitrogen and oxygen atoms in total. The number of nitrogens with one attached hydrogen (secondary N) is 1. The molecule has 1 aliphatic carbocycles. The number of ether oxygens (including phenoxy) is 1. The van der Waals surface area contributed by atoms with Crippen LogP contribution >= 0.6 is 0 Å². The van der Waals surface area contributed by atoms with Crippen LogP contribution in [-0.2, 0) is 16.0 Å². The highest BCUT2D eigenvalue weighted by Gasteiger charge is 2.21. The molecule has 0 radical (unpaired) electrons. The molecule has 1 aromatic rings. The van der Waals surface area contributed by atoms with Crippen molar-refractivity contribution in [3.05, 3.63) is 29.8 Å². The Bertz CT molecular complexity index is 476. The van der Waals surface area contributed by atoms with Gasteiger partial charge in [-0.2, -0.15) is 0 Å². The molecule has 3 N–H and O–H groups in total. The van der Waals surface area contributed by atoms with Crippen LogP contribution in [0.15, 0.2) is 24.3 Å². The molecule has 0 aliphatic heterocycles. The van der Waals surface area contributed by atoms with Crippen molar-refractivity contribution < 1.29 is 9.53 Å². The van der Waals surface area contributed by atoms with E-state index in [0.29, 0.717) is 38.0 Å². The molecule has 0 saturated heterocycles. The molecular formula is C18H28N2O2. The summed E-state index contributed by atoms with van der Waals surface area (Å²) in [6, 6.07) is 7.69. The summed E-state index contributed by atoms with van der Waals surface area (Å²) < 4.78 is 5.89. The topological polar surface area (TPSA) is 64.3 Å². The second-order valence-corrected chi connectivity index (χ2v) is 6.22. The van der Waals surface area contributed by atoms with Crippen molar-refractivity contribution in [1.29, 1.82) is 0 Å². The van der Waals surface area contributed by atoms with Crippen LogP contribution < -0.4 is 11.1 Å². The van der Waals surface area contributed by atoms with Crippen molar-refractivity contribution in [2.24, 2.45) is 5.92 Å². The van der Waals surface area contributed by atoms with Gasteiger partial charge >= 0.3 is 0 Å². The zero-order chi connectivity index (χ0) is 15.8. The van der Waals surface area contributed by atoms with Crippen LogP contribution in [0.2, 0.25) is 0 Å². The maximum Gasteiger partial charge on any atom is 0.220 e. The number of hydrogen-bond donors (Lipinski definition) is 2. The standard InChI is InChI=1S/C18H28N2O2/c1-14-6-2-5-9-17(14)22-13-12-20-18(21)11-10-15-7-3-4-8-16(15)19/h3-4,7-8,14,17H,2,5-6,9-13,19H2,1H3,(H,20,21). The lowest BCUT2D eigenvalue weighted by Gasteiger charge is -2.28. The maximum absolute atomic E-state index is 11.8. The molecule has 1 aliphatic rings. The van der Waals surface area contributed by atoms with Gasteiger partial charge in [-0.25, -0.2) is 0 Å². The minimum atomic E-state index is 0.0588. The van der Waals surface area contributed by atoms with Gasteiger partial charge in [0.1, 0.15) is 0 Å². The van der Waals surface area contributed by atoms with Crippen molar-refractivity contribution in [2.45, 2.75) is 51.6 Å². The van der Waals surface area contributed by atoms with Crippen LogP contribution in [0.4, 0.5) is 5.69 Å². The van der Waals surface area contributed by atoms with E-state index < -0.39 is 0 Å². The number of para-hydroxylation sites is 1. The summed E-state index contributed by atoms with van der Waals surface area (Å²) in [5.74, 6) is 0.703. The third-order valence-electron chi connectivity index (χ3n) is 4.47. The molecule has 0 bridgehead atoms. The second kappa shape index (κ2) is 8.79. The van der Waals surface area contributed by atoms with Crippen LogP contribution in [0, 0.1) is 5.92 Å². The lowest BCUT2D eigenvalue weighted by atomic mass is 9.88. The van der Waals surface area contributed by atoms with E-state index in [4.69, 9.17) is 10.5 Å². The Hall–Kier alpha value is -1.55. The predicted octanol–water partition coefficient (Wildman–Crippen LogP) is 2.91. The summed E-state index contributed by atoms with van der Waals surface area (Å²) >= 11 is 0. The number of nitrogen functional groups attached to an aromatic ring is 1. The Balaban J connectivity index is 1.59. The van der Waals surface area contributed by atoms with Crippen LogP contribution in [-0.4, -0.2) is 25.2 Å². The van der Waals surface area contributed by atoms with E-state index >= 15 is 0 Å². The van der Waals surface area contributed by atoms with Gasteiger partial charge in [-0.1, -0.05) is 38.0 Å². The van der Waals surface area contributed by atoms with Crippen LogP contribution in [0.3, 0.4) is 0 Å². The summed E-state index contributed by atoms with van der Waals surface area (Å²) in [6.07, 6.45) is 6.51. The number of anilines is 1. The number of carbonyl (C=O) groups excluding carboxylic acids is 1. The van der Waals surface area contributed by atoms with E-state index in [1.54, 1.807) is 0 Å². The molecule has 2 atom stereocenters. The van der Waals surface area contributed by atoms with E-state index in [9.17, 15) is 4.79 Å². The minimum absolute atomic E-state index is 0.0588. The van der Waals surface area contributed by atoms with Gasteiger partial charge in [0.05, 0.1) is 12.7 Å². The molecule has 122 valence electrons. The molecule has 1 aromatic carbocycles. The van der Waals surface area contributed by atoms with Gasteiger partial charge in [-0.3, -0.25) is 4.79 Å². The number of aryl methyl sites for hydroxylation is 1. The monoisotopic (exact) mass is 304 g/mol. The Morgan fingerprint density at radius 2 is 2.09 bits per heavy atom. The van der Waals surface area contributed by atoms with Crippen molar-refractivity contribution >= 4 is 11.6 Å². The van der Waals surface area contributed by atoms with E-state index in [1.165, 1.54) is 19.3 Å². The highest BCUT2D eigenvalue weighted by molar-refractivity contribution is 5.76. The fourth-order valence-electron chi connectivity index (χ4n) is 3.03. The first-order chi connectivity index (χ1) is 10.7. The quantitative estimate of drug-likeness (QED) is 0.601. The number of rotatable bonds is 7. The summed E-state index contributed by atoms with van der Waals surface area (Å²) in [5.41, 5.74) is 7.66. The lowest BCUT2D eigenvalue weighted by Crippen LogP contribution is -2.31. The predicted molar refractivity (Wildman–Crippen MR) is 89.6 cm³/mol. The minimum Gasteiger partial charge on any atom is -0.399 e. The molecule has 0 aromatic heterocycles. The number of carbonyl (C=O) groups is 1. The van der Waals surface area contributed by atoms with Crippen molar-refractivity contribution in [2.75, 3.05) is 18.9 Å². The highest BCUT2D eigenvalue weighted by atomic mass is 16.5. The van der Waals surface area contributed by atoms with Gasteiger partial charge in [0.25, 0.3) is 0 Å². The van der Waals surface area contributed by atoms with E-state index in [1.807, 2.05) is 24.3 Å². The Kier molecular flexibility index (Phi) is 6.72. The number of amides is 1. The zero-order valence-electron chi connectivity index (χ0n) is 13.5. The van der Waals surface area contributed by atoms with E-state index in [0.717, 1.165) is 17.7 Å². The molecule has 22 heavy (non-hydrogen) atoms. The van der Waals surface area contributed by atoms with Gasteiger partial charge in [-0.05, 0) is 36.8 Å². The third kappa shape index (κ3) is 5.34. The fraction of sp³-hybridized carbons (Fsp3) is 0.611. The zero-order valence-corrected chi connectivity index (χ0v) is 13.5. The van der Waals surface area contributed by atoms with Gasteiger partial charge in [0.15, 0.2) is 0 Å². The van der Waals surface area contributed by atoms with Gasteiger partial charge in [0, 0.05) is 18.7 Å². The summed E-state index contributed by atoms with van der Waals surface area (Å²) in [6.45, 7) is 3.45. The maximum atomic E-state index is 11.8. The molecule has 4 heteroatoms. The van der Waals surface area contributed by atoms with Crippen LogP contribution in [0.5, 0.6) is 0 Å². The van der Waals surface area contributed by atoms with Crippen LogP contribution in [0.25, 0.3) is 0 Å². The van der Waals surface area contributed by atoms with Crippen molar-refractivity contribution in [1.82, 2.24) is 5.32 Å². The molecule has 0 spiro atoms. The second-order valence-electron chi connectivity index (χ2n) is 6.22. The van der Waals surface area contributed by atoms with Crippen molar-refractivity contribution in [3.63, 3.8) is 0 Å². The first-order valence-electron chi connectivity index (χ1n) is 8.38. The first-order valence-corrected chi connectivity index (χ1v) is 8.38. The number of hydrogen-bond acceptors (Lipinski definition) is 3. The summed E-state index contributed by atoms with van der Waals surface area (Å²) in [7, 11) is 0. The lowest BCUT2D eigenvalue weighted by molar-refractivity contribution is -0.121. The molecule has 0 heterocycles. The van der Waals surface area contributed by atoms with Crippen LogP contribution in [0.1, 0.15) is 44.6 Å². The summed E-state index contributed by atoms with van der Waals surface area (Å²) in [5, 5.41) is 2.92. The largest absolute Gasteiger partial charge is 0.399 e. The Labute approximate surface area is 133 Å². The SMILES string of the molecule is CC1CCCCC1OCCNC(=O)CCc1ccccc1N. The summed E-state index contributed by atoms with van der Waals surface area (Å²) in [4.78, 5) is 11.8. The molecule has 1 amide bonds. The normalized spacial score (nSPS) is 21.5. The van der Waals surface area contributed by atoms with Gasteiger partial charge in [0.2, 0.25) is 5.91 Å². The third-order valence-corrected chi connectivity index (χ3v) is 4.47. The Morgan fingerprint density at radius 3 is 2.86 bits per heavy atom. The molecule has 1 fully saturated rings. The highest BCUT2D eigenvalue weighted by Crippen LogP contribution is 2.25. The fourth-order valence-corrected chi connectivity index (χ4v) is 3.03. The molecular weight excluding hydrogens is 276 g/mol. The molecule has 2 unspecified atom stereocenters. The molecule has 1 saturated carbocycles. The number of nitrogens with two attached hydrogens (primary N) is 1. The van der Waals surface area contributed by atoms with E-state index in [2.05, 4.69) is 12.2 Å².